The highest BCUT2D eigenvalue weighted by Gasteiger charge is 2.30. The maximum Gasteiger partial charge on any atom is 0.234 e. The summed E-state index contributed by atoms with van der Waals surface area (Å²) in [7, 11) is -1.83. The average Bonchev–Trinajstić information content (AvgIpc) is 2.38. The number of anilines is 1. The number of rotatable bonds is 3. The lowest BCUT2D eigenvalue weighted by Crippen LogP contribution is -2.38. The molecule has 18 heavy (non-hydrogen) atoms. The Labute approximate surface area is 106 Å². The quantitative estimate of drug-likeness (QED) is 0.833. The summed E-state index contributed by atoms with van der Waals surface area (Å²) in [6.45, 7) is 1.81. The summed E-state index contributed by atoms with van der Waals surface area (Å²) >= 11 is 0. The van der Waals surface area contributed by atoms with Gasteiger partial charge in [-0.15, -0.1) is 0 Å². The van der Waals surface area contributed by atoms with E-state index in [-0.39, 0.29) is 24.5 Å². The molecule has 1 aromatic rings. The second-order valence-corrected chi connectivity index (χ2v) is 6.21. The van der Waals surface area contributed by atoms with Crippen LogP contribution >= 0.6 is 0 Å². The molecule has 0 bridgehead atoms. The van der Waals surface area contributed by atoms with Crippen LogP contribution in [0.1, 0.15) is 23.7 Å². The average molecular weight is 269 g/mol. The molecule has 0 N–H and O–H groups in total. The molecule has 0 amide bonds. The van der Waals surface area contributed by atoms with Crippen molar-refractivity contribution in [2.24, 2.45) is 0 Å². The van der Waals surface area contributed by atoms with Gasteiger partial charge in [-0.2, -0.15) is 0 Å². The van der Waals surface area contributed by atoms with Crippen LogP contribution in [0.2, 0.25) is 0 Å². The summed E-state index contributed by atoms with van der Waals surface area (Å²) in [4.78, 5) is 11.8. The second kappa shape index (κ2) is 4.61. The number of nitrogens with zero attached hydrogens (tertiary/aromatic N) is 1. The van der Waals surface area contributed by atoms with Gasteiger partial charge in [-0.1, -0.05) is 0 Å². The van der Waals surface area contributed by atoms with Gasteiger partial charge < -0.3 is 4.74 Å². The number of ether oxygens (including phenoxy) is 1. The first-order valence-electron chi connectivity index (χ1n) is 5.71. The lowest BCUT2D eigenvalue weighted by Gasteiger charge is -2.29. The highest BCUT2D eigenvalue weighted by atomic mass is 32.2. The molecule has 0 aliphatic carbocycles. The van der Waals surface area contributed by atoms with Crippen molar-refractivity contribution >= 4 is 21.5 Å². The molecule has 0 aromatic heterocycles. The third-order valence-electron chi connectivity index (χ3n) is 3.02. The maximum atomic E-state index is 12.0. The van der Waals surface area contributed by atoms with Crippen LogP contribution in [0.4, 0.5) is 5.69 Å². The minimum absolute atomic E-state index is 0.0205. The zero-order valence-corrected chi connectivity index (χ0v) is 11.2. The van der Waals surface area contributed by atoms with Gasteiger partial charge in [0.2, 0.25) is 10.0 Å². The molecule has 0 radical (unpaired) electrons. The summed E-state index contributed by atoms with van der Waals surface area (Å²) in [5, 5.41) is 0. The van der Waals surface area contributed by atoms with E-state index in [0.717, 1.165) is 0 Å². The lowest BCUT2D eigenvalue weighted by atomic mass is 10.0. The number of methoxy groups -OCH3 is 1. The van der Waals surface area contributed by atoms with Gasteiger partial charge in [-0.3, -0.25) is 9.10 Å². The Bertz CT molecular complexity index is 580. The Balaban J connectivity index is 2.55. The number of ketones is 1. The fraction of sp³-hybridized carbons (Fsp3) is 0.417. The van der Waals surface area contributed by atoms with Gasteiger partial charge in [0.15, 0.2) is 5.78 Å². The highest BCUT2D eigenvalue weighted by molar-refractivity contribution is 7.92. The lowest BCUT2D eigenvalue weighted by molar-refractivity contribution is 0.0981. The van der Waals surface area contributed by atoms with Crippen LogP contribution in [-0.2, 0) is 10.0 Å². The number of hydrogen-bond donors (Lipinski definition) is 0. The molecular weight excluding hydrogens is 254 g/mol. The van der Waals surface area contributed by atoms with Gasteiger partial charge in [0.1, 0.15) is 5.75 Å². The van der Waals surface area contributed by atoms with E-state index < -0.39 is 10.0 Å². The Hall–Kier alpha value is -1.56. The summed E-state index contributed by atoms with van der Waals surface area (Å²) in [5.74, 6) is 0.524. The van der Waals surface area contributed by atoms with Crippen LogP contribution < -0.4 is 9.04 Å². The normalized spacial score (nSPS) is 15.4. The molecular formula is C12H15NO4S. The largest absolute Gasteiger partial charge is 0.497 e. The monoisotopic (exact) mass is 269 g/mol. The van der Waals surface area contributed by atoms with E-state index in [1.54, 1.807) is 25.1 Å². The standard InChI is InChI=1S/C12H15NO4S/c1-3-18(15,16)13-7-6-12(14)10-8-9(17-2)4-5-11(10)13/h4-5,8H,3,6-7H2,1-2H3. The van der Waals surface area contributed by atoms with E-state index in [4.69, 9.17) is 4.74 Å². The summed E-state index contributed by atoms with van der Waals surface area (Å²) in [6, 6.07) is 4.88. The molecule has 98 valence electrons. The van der Waals surface area contributed by atoms with Crippen molar-refractivity contribution in [2.75, 3.05) is 23.7 Å². The molecule has 1 aliphatic rings. The van der Waals surface area contributed by atoms with Crippen molar-refractivity contribution in [1.82, 2.24) is 0 Å². The van der Waals surface area contributed by atoms with Gasteiger partial charge in [-0.25, -0.2) is 8.42 Å². The Morgan fingerprint density at radius 3 is 2.72 bits per heavy atom. The summed E-state index contributed by atoms with van der Waals surface area (Å²) in [6.07, 6.45) is 0.208. The molecule has 0 unspecified atom stereocenters. The minimum atomic E-state index is -3.34. The zero-order valence-electron chi connectivity index (χ0n) is 10.3. The first-order valence-corrected chi connectivity index (χ1v) is 7.32. The Kier molecular flexibility index (Phi) is 3.30. The number of carbonyl (C=O) groups excluding carboxylic acids is 1. The summed E-state index contributed by atoms with van der Waals surface area (Å²) < 4.78 is 30.3. The van der Waals surface area contributed by atoms with Gasteiger partial charge in [0.25, 0.3) is 0 Å². The first kappa shape index (κ1) is 12.9. The number of sulfonamides is 1. The van der Waals surface area contributed by atoms with Crippen LogP contribution in [0.25, 0.3) is 0 Å². The molecule has 0 spiro atoms. The Morgan fingerprint density at radius 2 is 2.11 bits per heavy atom. The molecule has 1 heterocycles. The number of Topliss-reactive ketones (excluding diaryl/α,β-unsaturated/α-hetero) is 1. The molecule has 0 saturated heterocycles. The first-order chi connectivity index (χ1) is 8.49. The van der Waals surface area contributed by atoms with Gasteiger partial charge in [0, 0.05) is 18.5 Å². The van der Waals surface area contributed by atoms with E-state index in [1.807, 2.05) is 0 Å². The predicted molar refractivity (Wildman–Crippen MR) is 68.7 cm³/mol. The van der Waals surface area contributed by atoms with Crippen LogP contribution in [0.3, 0.4) is 0 Å². The molecule has 0 saturated carbocycles. The van der Waals surface area contributed by atoms with Crippen molar-refractivity contribution in [2.45, 2.75) is 13.3 Å². The number of hydrogen-bond acceptors (Lipinski definition) is 4. The topological polar surface area (TPSA) is 63.7 Å². The van der Waals surface area contributed by atoms with Crippen molar-refractivity contribution in [1.29, 1.82) is 0 Å². The molecule has 2 rings (SSSR count). The van der Waals surface area contributed by atoms with E-state index in [1.165, 1.54) is 11.4 Å². The number of fused-ring (bicyclic) bond motifs is 1. The molecule has 6 heteroatoms. The maximum absolute atomic E-state index is 12.0. The van der Waals surface area contributed by atoms with E-state index in [9.17, 15) is 13.2 Å². The molecule has 0 fully saturated rings. The van der Waals surface area contributed by atoms with Gasteiger partial charge in [-0.05, 0) is 25.1 Å². The third kappa shape index (κ3) is 2.08. The van der Waals surface area contributed by atoms with Crippen molar-refractivity contribution in [3.63, 3.8) is 0 Å². The fourth-order valence-corrected chi connectivity index (χ4v) is 3.13. The third-order valence-corrected chi connectivity index (χ3v) is 4.80. The van der Waals surface area contributed by atoms with Crippen molar-refractivity contribution < 1.29 is 17.9 Å². The fourth-order valence-electron chi connectivity index (χ4n) is 1.99. The number of benzene rings is 1. The van der Waals surface area contributed by atoms with Crippen LogP contribution in [0, 0.1) is 0 Å². The smallest absolute Gasteiger partial charge is 0.234 e. The van der Waals surface area contributed by atoms with Gasteiger partial charge in [0.05, 0.1) is 18.6 Å². The Morgan fingerprint density at radius 1 is 1.39 bits per heavy atom. The summed E-state index contributed by atoms with van der Waals surface area (Å²) in [5.41, 5.74) is 0.867. The van der Waals surface area contributed by atoms with E-state index >= 15 is 0 Å². The molecule has 0 atom stereocenters. The van der Waals surface area contributed by atoms with Crippen LogP contribution in [-0.4, -0.2) is 33.6 Å². The molecule has 1 aromatic carbocycles. The second-order valence-electron chi connectivity index (χ2n) is 4.03. The predicted octanol–water partition coefficient (Wildman–Crippen LogP) is 1.44. The SMILES string of the molecule is CCS(=O)(=O)N1CCC(=O)c2cc(OC)ccc21. The van der Waals surface area contributed by atoms with Crippen LogP contribution in [0.15, 0.2) is 18.2 Å². The number of carbonyl (C=O) groups is 1. The van der Waals surface area contributed by atoms with Crippen LogP contribution in [0.5, 0.6) is 5.75 Å². The van der Waals surface area contributed by atoms with Crippen molar-refractivity contribution in [3.05, 3.63) is 23.8 Å². The van der Waals surface area contributed by atoms with E-state index in [2.05, 4.69) is 0 Å². The molecule has 5 nitrogen and oxygen atoms in total. The zero-order chi connectivity index (χ0) is 13.3. The van der Waals surface area contributed by atoms with Crippen molar-refractivity contribution in [3.8, 4) is 5.75 Å². The molecule has 1 aliphatic heterocycles. The highest BCUT2D eigenvalue weighted by Crippen LogP contribution is 2.32. The van der Waals surface area contributed by atoms with E-state index in [0.29, 0.717) is 17.0 Å². The van der Waals surface area contributed by atoms with Gasteiger partial charge >= 0.3 is 0 Å². The minimum Gasteiger partial charge on any atom is -0.497 e.